The quantitative estimate of drug-likeness (QED) is 0.834. The van der Waals surface area contributed by atoms with Gasteiger partial charge in [0.05, 0.1) is 0 Å². The van der Waals surface area contributed by atoms with Gasteiger partial charge in [0.15, 0.2) is 0 Å². The van der Waals surface area contributed by atoms with Crippen LogP contribution in [0, 0.1) is 0 Å². The number of rotatable bonds is 3. The van der Waals surface area contributed by atoms with Gasteiger partial charge < -0.3 is 15.5 Å². The van der Waals surface area contributed by atoms with Crippen LogP contribution in [0.2, 0.25) is 0 Å². The lowest BCUT2D eigenvalue weighted by molar-refractivity contribution is -0.116. The van der Waals surface area contributed by atoms with Crippen LogP contribution in [-0.2, 0) is 4.79 Å². The van der Waals surface area contributed by atoms with Gasteiger partial charge in [0.2, 0.25) is 5.91 Å². The van der Waals surface area contributed by atoms with Crippen LogP contribution >= 0.6 is 0 Å². The number of carbonyl (C=O) groups excluding carboxylic acids is 2. The van der Waals surface area contributed by atoms with E-state index >= 15 is 0 Å². The minimum atomic E-state index is -0.0228. The molecule has 0 radical (unpaired) electrons. The molecule has 24 heavy (non-hydrogen) atoms. The van der Waals surface area contributed by atoms with Crippen molar-refractivity contribution in [3.63, 3.8) is 0 Å². The molecule has 1 aliphatic carbocycles. The minimum Gasteiger partial charge on any atom is -0.337 e. The largest absolute Gasteiger partial charge is 0.337 e. The third-order valence-electron chi connectivity index (χ3n) is 5.30. The summed E-state index contributed by atoms with van der Waals surface area (Å²) in [7, 11) is 1.90. The minimum absolute atomic E-state index is 0.0186. The Hall–Kier alpha value is -2.04. The van der Waals surface area contributed by atoms with E-state index in [2.05, 4.69) is 10.6 Å². The molecule has 5 nitrogen and oxygen atoms in total. The first-order valence-corrected chi connectivity index (χ1v) is 9.04. The molecule has 1 aromatic carbocycles. The lowest BCUT2D eigenvalue weighted by Gasteiger charge is -2.30. The number of nitrogens with one attached hydrogen (secondary N) is 2. The molecule has 0 unspecified atom stereocenters. The SMILES string of the molecule is CN(C(=O)NC[C@H]1CC(=O)Nc2ccccc21)C1CCCCCC1. The van der Waals surface area contributed by atoms with Crippen LogP contribution in [0.15, 0.2) is 24.3 Å². The zero-order valence-corrected chi connectivity index (χ0v) is 14.4. The van der Waals surface area contributed by atoms with Crippen molar-refractivity contribution in [2.45, 2.75) is 56.9 Å². The van der Waals surface area contributed by atoms with Gasteiger partial charge in [-0.3, -0.25) is 4.79 Å². The number of fused-ring (bicyclic) bond motifs is 1. The Morgan fingerprint density at radius 2 is 1.92 bits per heavy atom. The van der Waals surface area contributed by atoms with E-state index in [9.17, 15) is 9.59 Å². The van der Waals surface area contributed by atoms with E-state index in [-0.39, 0.29) is 17.9 Å². The zero-order chi connectivity index (χ0) is 16.9. The standard InChI is InChI=1S/C19H27N3O2/c1-22(15-8-4-2-3-5-9-15)19(24)20-13-14-12-18(23)21-17-11-7-6-10-16(14)17/h6-7,10-11,14-15H,2-5,8-9,12-13H2,1H3,(H,20,24)(H,21,23)/t14-/m1/s1. The van der Waals surface area contributed by atoms with Crippen molar-refractivity contribution in [2.75, 3.05) is 18.9 Å². The lowest BCUT2D eigenvalue weighted by atomic mass is 9.90. The van der Waals surface area contributed by atoms with Gasteiger partial charge >= 0.3 is 6.03 Å². The molecule has 5 heteroatoms. The van der Waals surface area contributed by atoms with Crippen LogP contribution in [0.5, 0.6) is 0 Å². The normalized spacial score (nSPS) is 21.4. The summed E-state index contributed by atoms with van der Waals surface area (Å²) in [6.07, 6.45) is 7.58. The maximum absolute atomic E-state index is 12.5. The molecule has 0 bridgehead atoms. The van der Waals surface area contributed by atoms with Gasteiger partial charge in [-0.25, -0.2) is 4.79 Å². The van der Waals surface area contributed by atoms with Gasteiger partial charge in [-0.2, -0.15) is 0 Å². The molecule has 1 aromatic rings. The Morgan fingerprint density at radius 1 is 1.21 bits per heavy atom. The molecule has 0 spiro atoms. The first-order valence-electron chi connectivity index (χ1n) is 9.04. The first kappa shape index (κ1) is 16.8. The molecular weight excluding hydrogens is 302 g/mol. The molecule has 1 saturated carbocycles. The number of urea groups is 1. The Morgan fingerprint density at radius 3 is 2.67 bits per heavy atom. The first-order chi connectivity index (χ1) is 11.6. The predicted octanol–water partition coefficient (Wildman–Crippen LogP) is 3.48. The number of benzene rings is 1. The van der Waals surface area contributed by atoms with Crippen molar-refractivity contribution < 1.29 is 9.59 Å². The van der Waals surface area contributed by atoms with Crippen LogP contribution in [0.3, 0.4) is 0 Å². The summed E-state index contributed by atoms with van der Waals surface area (Å²) >= 11 is 0. The molecule has 3 rings (SSSR count). The number of amides is 3. The molecule has 3 amide bonds. The highest BCUT2D eigenvalue weighted by atomic mass is 16.2. The monoisotopic (exact) mass is 329 g/mol. The summed E-state index contributed by atoms with van der Waals surface area (Å²) < 4.78 is 0. The Kier molecular flexibility index (Phi) is 5.38. The fourth-order valence-electron chi connectivity index (χ4n) is 3.83. The van der Waals surface area contributed by atoms with Crippen molar-refractivity contribution in [3.8, 4) is 0 Å². The second-order valence-electron chi connectivity index (χ2n) is 6.98. The Bertz CT molecular complexity index is 594. The van der Waals surface area contributed by atoms with E-state index in [1.807, 2.05) is 36.2 Å². The molecule has 1 atom stereocenters. The van der Waals surface area contributed by atoms with Gasteiger partial charge in [-0.1, -0.05) is 43.9 Å². The molecule has 2 aliphatic rings. The highest BCUT2D eigenvalue weighted by Crippen LogP contribution is 2.31. The Labute approximate surface area is 143 Å². The molecule has 1 fully saturated rings. The third-order valence-corrected chi connectivity index (χ3v) is 5.30. The van der Waals surface area contributed by atoms with Gasteiger partial charge in [-0.05, 0) is 24.5 Å². The lowest BCUT2D eigenvalue weighted by Crippen LogP contribution is -2.45. The molecule has 1 heterocycles. The summed E-state index contributed by atoms with van der Waals surface area (Å²) in [5.74, 6) is 0.0616. The molecule has 0 aromatic heterocycles. The zero-order valence-electron chi connectivity index (χ0n) is 14.4. The van der Waals surface area contributed by atoms with Crippen molar-refractivity contribution >= 4 is 17.6 Å². The summed E-state index contributed by atoms with van der Waals surface area (Å²) in [5.41, 5.74) is 1.97. The van der Waals surface area contributed by atoms with Crippen LogP contribution in [0.1, 0.15) is 56.4 Å². The second-order valence-corrected chi connectivity index (χ2v) is 6.98. The summed E-state index contributed by atoms with van der Waals surface area (Å²) in [4.78, 5) is 26.2. The summed E-state index contributed by atoms with van der Waals surface area (Å²) in [5, 5.41) is 5.94. The van der Waals surface area contributed by atoms with Crippen molar-refractivity contribution in [3.05, 3.63) is 29.8 Å². The van der Waals surface area contributed by atoms with Crippen LogP contribution in [0.25, 0.3) is 0 Å². The van der Waals surface area contributed by atoms with Gasteiger partial charge in [-0.15, -0.1) is 0 Å². The average molecular weight is 329 g/mol. The smallest absolute Gasteiger partial charge is 0.317 e. The predicted molar refractivity (Wildman–Crippen MR) is 95.1 cm³/mol. The molecule has 2 N–H and O–H groups in total. The highest BCUT2D eigenvalue weighted by Gasteiger charge is 2.26. The number of para-hydroxylation sites is 1. The van der Waals surface area contributed by atoms with E-state index in [1.54, 1.807) is 0 Å². The van der Waals surface area contributed by atoms with Crippen molar-refractivity contribution in [1.29, 1.82) is 0 Å². The maximum atomic E-state index is 12.5. The highest BCUT2D eigenvalue weighted by molar-refractivity contribution is 5.94. The van der Waals surface area contributed by atoms with Crippen molar-refractivity contribution in [2.24, 2.45) is 0 Å². The van der Waals surface area contributed by atoms with E-state index in [0.717, 1.165) is 24.1 Å². The van der Waals surface area contributed by atoms with Gasteiger partial charge in [0.25, 0.3) is 0 Å². The molecule has 0 saturated heterocycles. The number of carbonyl (C=O) groups is 2. The molecule has 130 valence electrons. The van der Waals surface area contributed by atoms with Gasteiger partial charge in [0.1, 0.15) is 0 Å². The molecular formula is C19H27N3O2. The van der Waals surface area contributed by atoms with E-state index in [1.165, 1.54) is 25.7 Å². The van der Waals surface area contributed by atoms with E-state index < -0.39 is 0 Å². The fraction of sp³-hybridized carbons (Fsp3) is 0.579. The van der Waals surface area contributed by atoms with Crippen molar-refractivity contribution in [1.82, 2.24) is 10.2 Å². The number of nitrogens with zero attached hydrogens (tertiary/aromatic N) is 1. The summed E-state index contributed by atoms with van der Waals surface area (Å²) in [6.45, 7) is 0.500. The van der Waals surface area contributed by atoms with Crippen LogP contribution in [-0.4, -0.2) is 36.5 Å². The summed E-state index contributed by atoms with van der Waals surface area (Å²) in [6, 6.07) is 8.15. The van der Waals surface area contributed by atoms with E-state index in [0.29, 0.717) is 19.0 Å². The topological polar surface area (TPSA) is 61.4 Å². The molecule has 1 aliphatic heterocycles. The number of anilines is 1. The van der Waals surface area contributed by atoms with Crippen LogP contribution < -0.4 is 10.6 Å². The average Bonchev–Trinajstić information content (AvgIpc) is 2.87. The Balaban J connectivity index is 1.59. The van der Waals surface area contributed by atoms with Crippen LogP contribution in [0.4, 0.5) is 10.5 Å². The number of hydrogen-bond donors (Lipinski definition) is 2. The fourth-order valence-corrected chi connectivity index (χ4v) is 3.83. The second kappa shape index (κ2) is 7.69. The van der Waals surface area contributed by atoms with Gasteiger partial charge in [0, 0.05) is 37.7 Å². The third kappa shape index (κ3) is 3.89. The maximum Gasteiger partial charge on any atom is 0.317 e. The number of hydrogen-bond acceptors (Lipinski definition) is 2. The van der Waals surface area contributed by atoms with E-state index in [4.69, 9.17) is 0 Å².